The van der Waals surface area contributed by atoms with Crippen LogP contribution in [-0.2, 0) is 19.8 Å². The summed E-state index contributed by atoms with van der Waals surface area (Å²) in [6.07, 6.45) is 0.282. The number of nitrogens with one attached hydrogen (secondary N) is 1. The average Bonchev–Trinajstić information content (AvgIpc) is 3.40. The van der Waals surface area contributed by atoms with Crippen molar-refractivity contribution in [3.63, 3.8) is 0 Å². The summed E-state index contributed by atoms with van der Waals surface area (Å²) in [7, 11) is 3.75. The van der Waals surface area contributed by atoms with Gasteiger partial charge in [-0.1, -0.05) is 12.1 Å². The quantitative estimate of drug-likeness (QED) is 0.254. The Morgan fingerprint density at radius 2 is 1.73 bits per heavy atom. The van der Waals surface area contributed by atoms with E-state index in [1.807, 2.05) is 18.9 Å². The maximum absolute atomic E-state index is 14.1. The van der Waals surface area contributed by atoms with Gasteiger partial charge in [-0.3, -0.25) is 19.4 Å². The molecular weight excluding hydrogens is 585 g/mol. The van der Waals surface area contributed by atoms with Crippen LogP contribution < -0.4 is 10.1 Å². The maximum Gasteiger partial charge on any atom is 0.416 e. The van der Waals surface area contributed by atoms with Crippen molar-refractivity contribution >= 4 is 22.6 Å². The number of nitrogens with zero attached hydrogens (tertiary/aromatic N) is 7. The first-order valence-electron chi connectivity index (χ1n) is 14.4. The van der Waals surface area contributed by atoms with Gasteiger partial charge in [0.15, 0.2) is 11.5 Å². The number of pyridine rings is 1. The zero-order valence-electron chi connectivity index (χ0n) is 25.0. The molecule has 1 amide bonds. The van der Waals surface area contributed by atoms with Crippen molar-refractivity contribution in [3.8, 4) is 23.0 Å². The van der Waals surface area contributed by atoms with Crippen LogP contribution in [0, 0.1) is 6.92 Å². The van der Waals surface area contributed by atoms with Crippen LogP contribution in [0.4, 0.5) is 18.9 Å². The molecule has 1 saturated heterocycles. The van der Waals surface area contributed by atoms with Crippen LogP contribution in [0.2, 0.25) is 0 Å². The summed E-state index contributed by atoms with van der Waals surface area (Å²) >= 11 is 0. The van der Waals surface area contributed by atoms with Crippen molar-refractivity contribution in [2.45, 2.75) is 19.6 Å². The monoisotopic (exact) mass is 616 g/mol. The molecule has 1 N–H and O–H groups in total. The highest BCUT2D eigenvalue weighted by molar-refractivity contribution is 6.04. The van der Waals surface area contributed by atoms with Gasteiger partial charge in [0.05, 0.1) is 11.8 Å². The fraction of sp³-hybridized carbons (Fsp3) is 0.281. The van der Waals surface area contributed by atoms with Gasteiger partial charge in [0.25, 0.3) is 5.91 Å². The third kappa shape index (κ3) is 6.64. The minimum Gasteiger partial charge on any atom is -0.438 e. The number of carbonyl (C=O) groups excluding carboxylic acids is 1. The van der Waals surface area contributed by atoms with Gasteiger partial charge >= 0.3 is 6.18 Å². The summed E-state index contributed by atoms with van der Waals surface area (Å²) < 4.78 is 50.2. The predicted molar refractivity (Wildman–Crippen MR) is 163 cm³/mol. The van der Waals surface area contributed by atoms with Crippen LogP contribution in [-0.4, -0.2) is 73.7 Å². The molecule has 10 nitrogen and oxygen atoms in total. The molecule has 6 rings (SSSR count). The average molecular weight is 617 g/mol. The van der Waals surface area contributed by atoms with Crippen LogP contribution >= 0.6 is 0 Å². The summed E-state index contributed by atoms with van der Waals surface area (Å²) in [5.41, 5.74) is 1.64. The Hall–Kier alpha value is -4.88. The molecule has 1 fully saturated rings. The van der Waals surface area contributed by atoms with Gasteiger partial charge in [-0.2, -0.15) is 23.3 Å². The van der Waals surface area contributed by atoms with E-state index in [1.165, 1.54) is 12.1 Å². The van der Waals surface area contributed by atoms with E-state index in [0.717, 1.165) is 30.3 Å². The Kier molecular flexibility index (Phi) is 8.21. The third-order valence-electron chi connectivity index (χ3n) is 7.82. The molecule has 0 bridgehead atoms. The number of aromatic nitrogens is 5. The summed E-state index contributed by atoms with van der Waals surface area (Å²) in [6, 6.07) is 12.3. The topological polar surface area (TPSA) is 101 Å². The highest BCUT2D eigenvalue weighted by Gasteiger charge is 2.34. The van der Waals surface area contributed by atoms with Crippen molar-refractivity contribution < 1.29 is 22.7 Å². The molecule has 5 aromatic rings. The Bertz CT molecular complexity index is 1850. The van der Waals surface area contributed by atoms with Gasteiger partial charge in [-0.15, -0.1) is 0 Å². The van der Waals surface area contributed by atoms with Crippen LogP contribution in [0.25, 0.3) is 22.4 Å². The van der Waals surface area contributed by atoms with Gasteiger partial charge in [0, 0.05) is 75.0 Å². The zero-order valence-corrected chi connectivity index (χ0v) is 25.0. The summed E-state index contributed by atoms with van der Waals surface area (Å²) in [4.78, 5) is 30.6. The number of rotatable bonds is 7. The number of likely N-dealkylation sites (N-methyl/N-ethyl adjacent to an activating group) is 1. The number of aryl methyl sites for hydroxylation is 2. The molecule has 0 radical (unpaired) electrons. The van der Waals surface area contributed by atoms with Gasteiger partial charge in [-0.05, 0) is 55.4 Å². The van der Waals surface area contributed by atoms with Crippen molar-refractivity contribution in [2.24, 2.45) is 7.05 Å². The van der Waals surface area contributed by atoms with E-state index in [1.54, 1.807) is 60.7 Å². The maximum atomic E-state index is 14.1. The smallest absolute Gasteiger partial charge is 0.416 e. The lowest BCUT2D eigenvalue weighted by atomic mass is 10.0. The van der Waals surface area contributed by atoms with Crippen molar-refractivity contribution in [3.05, 3.63) is 89.4 Å². The van der Waals surface area contributed by atoms with Crippen molar-refractivity contribution in [2.75, 3.05) is 38.5 Å². The molecule has 1 aliphatic rings. The molecule has 45 heavy (non-hydrogen) atoms. The fourth-order valence-electron chi connectivity index (χ4n) is 5.17. The number of hydrogen-bond donors (Lipinski definition) is 1. The van der Waals surface area contributed by atoms with Gasteiger partial charge in [0.1, 0.15) is 11.1 Å². The zero-order chi connectivity index (χ0) is 31.7. The molecule has 13 heteroatoms. The summed E-state index contributed by atoms with van der Waals surface area (Å²) in [6.45, 7) is 4.95. The van der Waals surface area contributed by atoms with E-state index in [-0.39, 0.29) is 23.6 Å². The predicted octanol–water partition coefficient (Wildman–Crippen LogP) is 5.54. The lowest BCUT2D eigenvalue weighted by Gasteiger charge is -2.33. The molecule has 1 aliphatic heterocycles. The van der Waals surface area contributed by atoms with E-state index in [9.17, 15) is 18.0 Å². The van der Waals surface area contributed by atoms with Crippen LogP contribution in [0.15, 0.2) is 67.1 Å². The van der Waals surface area contributed by atoms with Crippen LogP contribution in [0.3, 0.4) is 0 Å². The minimum absolute atomic E-state index is 0.0950. The summed E-state index contributed by atoms with van der Waals surface area (Å²) in [5, 5.41) is 7.59. The number of alkyl halides is 3. The first-order chi connectivity index (χ1) is 21.5. The number of hydrogen-bond acceptors (Lipinski definition) is 8. The van der Waals surface area contributed by atoms with Crippen molar-refractivity contribution in [1.29, 1.82) is 0 Å². The van der Waals surface area contributed by atoms with Gasteiger partial charge in [0.2, 0.25) is 5.88 Å². The van der Waals surface area contributed by atoms with Crippen LogP contribution in [0.5, 0.6) is 11.6 Å². The minimum atomic E-state index is -4.60. The molecule has 3 aromatic heterocycles. The molecule has 232 valence electrons. The Morgan fingerprint density at radius 3 is 2.47 bits per heavy atom. The molecule has 0 unspecified atom stereocenters. The highest BCUT2D eigenvalue weighted by Crippen LogP contribution is 2.35. The van der Waals surface area contributed by atoms with E-state index >= 15 is 0 Å². The number of anilines is 1. The number of halogens is 3. The van der Waals surface area contributed by atoms with Gasteiger partial charge in [-0.25, -0.2) is 4.98 Å². The molecule has 0 spiro atoms. The first kappa shape index (κ1) is 30.2. The third-order valence-corrected chi connectivity index (χ3v) is 7.82. The largest absolute Gasteiger partial charge is 0.438 e. The molecule has 0 aliphatic carbocycles. The molecule has 0 saturated carbocycles. The Balaban J connectivity index is 1.25. The number of ether oxygens (including phenoxy) is 1. The molecular formula is C32H31F3N8O2. The lowest BCUT2D eigenvalue weighted by Crippen LogP contribution is -2.44. The van der Waals surface area contributed by atoms with E-state index < -0.39 is 17.6 Å². The number of carbonyl (C=O) groups is 1. The molecule has 0 atom stereocenters. The van der Waals surface area contributed by atoms with Crippen molar-refractivity contribution in [1.82, 2.24) is 34.5 Å². The second-order valence-corrected chi connectivity index (χ2v) is 11.1. The number of amides is 1. The first-order valence-corrected chi connectivity index (χ1v) is 14.4. The second kappa shape index (κ2) is 12.3. The molecule has 2 aromatic carbocycles. The highest BCUT2D eigenvalue weighted by atomic mass is 19.4. The Labute approximate surface area is 257 Å². The number of benzene rings is 2. The van der Waals surface area contributed by atoms with E-state index in [4.69, 9.17) is 4.74 Å². The fourth-order valence-corrected chi connectivity index (χ4v) is 5.17. The van der Waals surface area contributed by atoms with Gasteiger partial charge < -0.3 is 15.0 Å². The number of piperazine rings is 1. The Morgan fingerprint density at radius 1 is 0.978 bits per heavy atom. The van der Waals surface area contributed by atoms with E-state index in [2.05, 4.69) is 30.3 Å². The number of fused-ring (bicyclic) bond motifs is 1. The van der Waals surface area contributed by atoms with E-state index in [0.29, 0.717) is 41.4 Å². The standard InChI is InChI=1S/C32H31F3N8O2/c1-20-4-7-24(17-27(20)45-31-25-18-37-42(3)29(25)39-28(40-31)21-8-10-36-11-9-21)38-30(44)22-5-6-23(26(16-22)32(33,34)35)19-43-14-12-41(2)13-15-43/h4-11,16-18H,12-15,19H2,1-3H3,(H,38,44). The molecule has 4 heterocycles. The van der Waals surface area contributed by atoms with Crippen LogP contribution in [0.1, 0.15) is 27.0 Å². The summed E-state index contributed by atoms with van der Waals surface area (Å²) in [5.74, 6) is 0.411. The SMILES string of the molecule is Cc1ccc(NC(=O)c2ccc(CN3CCN(C)CC3)c(C(F)(F)F)c2)cc1Oc1nc(-c2ccncc2)nc2c1cnn2C. The lowest BCUT2D eigenvalue weighted by molar-refractivity contribution is -0.138. The normalized spacial score (nSPS) is 14.5. The second-order valence-electron chi connectivity index (χ2n) is 11.1.